The highest BCUT2D eigenvalue weighted by molar-refractivity contribution is 9.10. The minimum atomic E-state index is -4.66. The average Bonchev–Trinajstić information content (AvgIpc) is 2.81. The van der Waals surface area contributed by atoms with Crippen molar-refractivity contribution >= 4 is 27.6 Å². The molecule has 2 N–H and O–H groups in total. The first-order valence-corrected chi connectivity index (χ1v) is 6.86. The number of methoxy groups -OCH3 is 1. The van der Waals surface area contributed by atoms with Gasteiger partial charge in [-0.25, -0.2) is 4.79 Å². The average molecular weight is 388 g/mol. The van der Waals surface area contributed by atoms with Gasteiger partial charge in [-0.2, -0.15) is 18.4 Å². The van der Waals surface area contributed by atoms with Crippen LogP contribution in [0.15, 0.2) is 28.9 Å². The number of ether oxygens (including phenoxy) is 1. The van der Waals surface area contributed by atoms with Crippen LogP contribution in [0.5, 0.6) is 0 Å². The van der Waals surface area contributed by atoms with E-state index in [0.29, 0.717) is 4.47 Å². The molecule has 2 rings (SSSR count). The van der Waals surface area contributed by atoms with E-state index in [2.05, 4.69) is 20.7 Å². The minimum Gasteiger partial charge on any atom is -0.464 e. The predicted molar refractivity (Wildman–Crippen MR) is 78.9 cm³/mol. The maximum absolute atomic E-state index is 13.2. The van der Waals surface area contributed by atoms with Gasteiger partial charge in [0.25, 0.3) is 0 Å². The molecule has 0 fully saturated rings. The lowest BCUT2D eigenvalue weighted by atomic mass is 10.1. The van der Waals surface area contributed by atoms with E-state index in [4.69, 9.17) is 11.0 Å². The number of hydrogen-bond acceptors (Lipinski definition) is 4. The lowest BCUT2D eigenvalue weighted by molar-refractivity contribution is -0.137. The van der Waals surface area contributed by atoms with E-state index in [1.165, 1.54) is 12.1 Å². The summed E-state index contributed by atoms with van der Waals surface area (Å²) in [5, 5.41) is 9.01. The smallest absolute Gasteiger partial charge is 0.418 e. The van der Waals surface area contributed by atoms with Gasteiger partial charge in [-0.05, 0) is 18.2 Å². The SMILES string of the molecule is COC(=O)c1c(N)c(C#N)cn1-c1cc(Br)ccc1C(F)(F)F. The quantitative estimate of drug-likeness (QED) is 0.799. The molecule has 5 nitrogen and oxygen atoms in total. The molecular formula is C14H9BrF3N3O2. The molecule has 0 radical (unpaired) electrons. The normalized spacial score (nSPS) is 11.1. The van der Waals surface area contributed by atoms with Crippen molar-refractivity contribution in [3.8, 4) is 11.8 Å². The Morgan fingerprint density at radius 2 is 2.09 bits per heavy atom. The second kappa shape index (κ2) is 5.96. The summed E-state index contributed by atoms with van der Waals surface area (Å²) in [6.45, 7) is 0. The summed E-state index contributed by atoms with van der Waals surface area (Å²) in [5.41, 5.74) is 3.65. The molecule has 0 unspecified atom stereocenters. The molecule has 0 saturated carbocycles. The third-order valence-electron chi connectivity index (χ3n) is 3.07. The summed E-state index contributed by atoms with van der Waals surface area (Å²) in [5.74, 6) is -0.947. The Labute approximate surface area is 137 Å². The van der Waals surface area contributed by atoms with Crippen molar-refractivity contribution in [1.82, 2.24) is 4.57 Å². The Kier molecular flexibility index (Phi) is 4.38. The van der Waals surface area contributed by atoms with Crippen LogP contribution in [0.4, 0.5) is 18.9 Å². The van der Waals surface area contributed by atoms with Crippen LogP contribution in [0.2, 0.25) is 0 Å². The molecule has 0 spiro atoms. The van der Waals surface area contributed by atoms with Crippen molar-refractivity contribution in [2.24, 2.45) is 0 Å². The number of esters is 1. The van der Waals surface area contributed by atoms with Gasteiger partial charge in [0.1, 0.15) is 6.07 Å². The van der Waals surface area contributed by atoms with Crippen molar-refractivity contribution in [1.29, 1.82) is 5.26 Å². The van der Waals surface area contributed by atoms with Gasteiger partial charge >= 0.3 is 12.1 Å². The zero-order chi connectivity index (χ0) is 17.4. The first-order valence-electron chi connectivity index (χ1n) is 6.07. The number of carbonyl (C=O) groups is 1. The number of nitrogens with two attached hydrogens (primary N) is 1. The van der Waals surface area contributed by atoms with Gasteiger partial charge < -0.3 is 15.0 Å². The summed E-state index contributed by atoms with van der Waals surface area (Å²) in [6.07, 6.45) is -3.59. The maximum Gasteiger partial charge on any atom is 0.418 e. The summed E-state index contributed by atoms with van der Waals surface area (Å²) < 4.78 is 45.5. The van der Waals surface area contributed by atoms with Gasteiger partial charge in [0.05, 0.1) is 29.6 Å². The number of aromatic nitrogens is 1. The molecular weight excluding hydrogens is 379 g/mol. The van der Waals surface area contributed by atoms with Gasteiger partial charge in [-0.3, -0.25) is 0 Å². The number of anilines is 1. The van der Waals surface area contributed by atoms with E-state index >= 15 is 0 Å². The van der Waals surface area contributed by atoms with Crippen molar-refractivity contribution in [3.63, 3.8) is 0 Å². The van der Waals surface area contributed by atoms with Crippen LogP contribution in [0.3, 0.4) is 0 Å². The third-order valence-corrected chi connectivity index (χ3v) is 3.56. The van der Waals surface area contributed by atoms with Gasteiger partial charge in [-0.1, -0.05) is 15.9 Å². The molecule has 23 heavy (non-hydrogen) atoms. The molecule has 0 atom stereocenters. The zero-order valence-electron chi connectivity index (χ0n) is 11.6. The minimum absolute atomic E-state index is 0.126. The highest BCUT2D eigenvalue weighted by Gasteiger charge is 2.35. The Morgan fingerprint density at radius 1 is 1.43 bits per heavy atom. The molecule has 0 bridgehead atoms. The summed E-state index contributed by atoms with van der Waals surface area (Å²) >= 11 is 3.09. The molecule has 9 heteroatoms. The molecule has 2 aromatic rings. The number of halogens is 4. The van der Waals surface area contributed by atoms with E-state index < -0.39 is 17.7 Å². The largest absolute Gasteiger partial charge is 0.464 e. The van der Waals surface area contributed by atoms with Crippen LogP contribution in [0, 0.1) is 11.3 Å². The van der Waals surface area contributed by atoms with Gasteiger partial charge in [0.2, 0.25) is 0 Å². The number of rotatable bonds is 2. The van der Waals surface area contributed by atoms with Gasteiger partial charge in [0.15, 0.2) is 5.69 Å². The van der Waals surface area contributed by atoms with Crippen LogP contribution in [0.1, 0.15) is 21.6 Å². The maximum atomic E-state index is 13.2. The molecule has 0 amide bonds. The molecule has 0 aliphatic heterocycles. The van der Waals surface area contributed by atoms with E-state index in [1.54, 1.807) is 6.07 Å². The second-order valence-corrected chi connectivity index (χ2v) is 5.35. The number of nitrogens with zero attached hydrogens (tertiary/aromatic N) is 2. The number of benzene rings is 1. The molecule has 0 aliphatic carbocycles. The summed E-state index contributed by atoms with van der Waals surface area (Å²) in [7, 11) is 1.07. The van der Waals surface area contributed by atoms with Crippen LogP contribution < -0.4 is 5.73 Å². The number of alkyl halides is 3. The van der Waals surface area contributed by atoms with E-state index in [1.807, 2.05) is 0 Å². The van der Waals surface area contributed by atoms with E-state index in [0.717, 1.165) is 23.9 Å². The Morgan fingerprint density at radius 3 is 2.61 bits per heavy atom. The third kappa shape index (κ3) is 3.03. The molecule has 120 valence electrons. The fraction of sp³-hybridized carbons (Fsp3) is 0.143. The van der Waals surface area contributed by atoms with Crippen LogP contribution >= 0.6 is 15.9 Å². The summed E-state index contributed by atoms with van der Waals surface area (Å²) in [4.78, 5) is 11.9. The fourth-order valence-electron chi connectivity index (χ4n) is 2.05. The van der Waals surface area contributed by atoms with Crippen molar-refractivity contribution in [2.75, 3.05) is 12.8 Å². The topological polar surface area (TPSA) is 81.0 Å². The lowest BCUT2D eigenvalue weighted by Crippen LogP contribution is -2.15. The molecule has 1 heterocycles. The molecule has 0 aliphatic rings. The Balaban J connectivity index is 2.85. The molecule has 0 saturated heterocycles. The molecule has 1 aromatic carbocycles. The molecule has 1 aromatic heterocycles. The number of nitriles is 1. The second-order valence-electron chi connectivity index (χ2n) is 4.44. The van der Waals surface area contributed by atoms with Gasteiger partial charge in [0, 0.05) is 10.7 Å². The summed E-state index contributed by atoms with van der Waals surface area (Å²) in [6, 6.07) is 5.00. The number of carbonyl (C=O) groups excluding carboxylic acids is 1. The Hall–Kier alpha value is -2.47. The zero-order valence-corrected chi connectivity index (χ0v) is 13.2. The van der Waals surface area contributed by atoms with Crippen LogP contribution in [-0.2, 0) is 10.9 Å². The van der Waals surface area contributed by atoms with Crippen molar-refractivity contribution in [2.45, 2.75) is 6.18 Å². The predicted octanol–water partition coefficient (Wildman–Crippen LogP) is 3.50. The van der Waals surface area contributed by atoms with Crippen molar-refractivity contribution < 1.29 is 22.7 Å². The first-order chi connectivity index (χ1) is 10.7. The number of nitrogen functional groups attached to an aromatic ring is 1. The highest BCUT2D eigenvalue weighted by atomic mass is 79.9. The number of hydrogen-bond donors (Lipinski definition) is 1. The standard InChI is InChI=1S/C14H9BrF3N3O2/c1-23-13(22)12-11(20)7(5-19)6-21(12)10-4-8(15)2-3-9(10)14(16,17)18/h2-4,6H,20H2,1H3. The first kappa shape index (κ1) is 16.9. The van der Waals surface area contributed by atoms with Crippen molar-refractivity contribution in [3.05, 3.63) is 45.7 Å². The Bertz CT molecular complexity index is 822. The monoisotopic (exact) mass is 387 g/mol. The van der Waals surface area contributed by atoms with Gasteiger partial charge in [-0.15, -0.1) is 0 Å². The van der Waals surface area contributed by atoms with E-state index in [9.17, 15) is 18.0 Å². The highest BCUT2D eigenvalue weighted by Crippen LogP contribution is 2.37. The van der Waals surface area contributed by atoms with Crippen LogP contribution in [0.25, 0.3) is 5.69 Å². The fourth-order valence-corrected chi connectivity index (χ4v) is 2.40. The van der Waals surface area contributed by atoms with E-state index in [-0.39, 0.29) is 22.6 Å². The lowest BCUT2D eigenvalue weighted by Gasteiger charge is -2.16. The van der Waals surface area contributed by atoms with Crippen LogP contribution in [-0.4, -0.2) is 17.6 Å².